The van der Waals surface area contributed by atoms with Crippen LogP contribution in [0.5, 0.6) is 0 Å². The van der Waals surface area contributed by atoms with Gasteiger partial charge in [0.2, 0.25) is 0 Å². The molecule has 0 aromatic heterocycles. The van der Waals surface area contributed by atoms with Crippen LogP contribution in [0.25, 0.3) is 0 Å². The molecule has 0 aliphatic heterocycles. The van der Waals surface area contributed by atoms with Crippen LogP contribution in [0.4, 0.5) is 5.69 Å². The summed E-state index contributed by atoms with van der Waals surface area (Å²) in [6.07, 6.45) is 0. The van der Waals surface area contributed by atoms with Crippen molar-refractivity contribution >= 4 is 33.3 Å². The van der Waals surface area contributed by atoms with E-state index < -0.39 is 10.0 Å². The molecule has 0 heterocycles. The molecule has 2 rings (SSSR count). The molecule has 0 spiro atoms. The maximum atomic E-state index is 12.3. The van der Waals surface area contributed by atoms with Crippen molar-refractivity contribution in [3.63, 3.8) is 0 Å². The third-order valence-electron chi connectivity index (χ3n) is 2.77. The zero-order valence-electron chi connectivity index (χ0n) is 11.5. The number of hydrogen-bond donors (Lipinski definition) is 4. The summed E-state index contributed by atoms with van der Waals surface area (Å²) in [5.74, 6) is -0.148. The summed E-state index contributed by atoms with van der Waals surface area (Å²) >= 11 is 5.82. The fourth-order valence-corrected chi connectivity index (χ4v) is 3.14. The summed E-state index contributed by atoms with van der Waals surface area (Å²) in [7, 11) is -3.71. The molecule has 0 saturated carbocycles. The Balaban J connectivity index is 2.19. The quantitative estimate of drug-likeness (QED) is 0.494. The minimum absolute atomic E-state index is 0.0901. The van der Waals surface area contributed by atoms with Crippen LogP contribution in [-0.2, 0) is 16.6 Å². The third kappa shape index (κ3) is 4.37. The molecule has 0 aliphatic carbocycles. The maximum Gasteiger partial charge on any atom is 0.261 e. The molecule has 116 valence electrons. The van der Waals surface area contributed by atoms with Gasteiger partial charge in [-0.05, 0) is 35.9 Å². The minimum atomic E-state index is -3.71. The van der Waals surface area contributed by atoms with E-state index in [1.807, 2.05) is 0 Å². The fourth-order valence-electron chi connectivity index (χ4n) is 1.79. The van der Waals surface area contributed by atoms with Crippen LogP contribution < -0.4 is 15.8 Å². The number of benzene rings is 2. The number of sulfonamides is 1. The van der Waals surface area contributed by atoms with Crippen LogP contribution in [-0.4, -0.2) is 14.4 Å². The second kappa shape index (κ2) is 6.67. The van der Waals surface area contributed by atoms with Gasteiger partial charge in [0, 0.05) is 17.3 Å². The van der Waals surface area contributed by atoms with E-state index in [1.54, 1.807) is 36.4 Å². The molecular formula is C14H15ClN4O2S. The molecule has 8 heteroatoms. The van der Waals surface area contributed by atoms with Crippen molar-refractivity contribution in [2.24, 2.45) is 5.73 Å². The van der Waals surface area contributed by atoms with Crippen LogP contribution in [0, 0.1) is 5.41 Å². The first-order chi connectivity index (χ1) is 10.4. The molecule has 5 N–H and O–H groups in total. The van der Waals surface area contributed by atoms with E-state index in [-0.39, 0.29) is 10.9 Å². The molecule has 0 unspecified atom stereocenters. The smallest absolute Gasteiger partial charge is 0.261 e. The molecule has 6 nitrogen and oxygen atoms in total. The van der Waals surface area contributed by atoms with Gasteiger partial charge < -0.3 is 11.1 Å². The van der Waals surface area contributed by atoms with E-state index in [0.717, 1.165) is 5.56 Å². The lowest BCUT2D eigenvalue weighted by Gasteiger charge is -2.10. The number of nitrogens with two attached hydrogens (primary N) is 1. The highest BCUT2D eigenvalue weighted by atomic mass is 35.5. The first-order valence-corrected chi connectivity index (χ1v) is 8.18. The summed E-state index contributed by atoms with van der Waals surface area (Å²) < 4.78 is 27.1. The van der Waals surface area contributed by atoms with Crippen molar-refractivity contribution in [2.75, 3.05) is 4.72 Å². The van der Waals surface area contributed by atoms with E-state index >= 15 is 0 Å². The summed E-state index contributed by atoms with van der Waals surface area (Å²) in [4.78, 5) is 0.0901. The number of nitrogens with one attached hydrogen (secondary N) is 3. The lowest BCUT2D eigenvalue weighted by atomic mass is 10.2. The van der Waals surface area contributed by atoms with Crippen LogP contribution in [0.2, 0.25) is 5.02 Å². The second-order valence-electron chi connectivity index (χ2n) is 4.53. The van der Waals surface area contributed by atoms with E-state index in [1.165, 1.54) is 12.1 Å². The van der Waals surface area contributed by atoms with E-state index in [9.17, 15) is 8.42 Å². The molecule has 2 aromatic carbocycles. The van der Waals surface area contributed by atoms with Gasteiger partial charge in [-0.25, -0.2) is 8.42 Å². The van der Waals surface area contributed by atoms with Crippen molar-refractivity contribution in [3.05, 3.63) is 59.1 Å². The topological polar surface area (TPSA) is 108 Å². The van der Waals surface area contributed by atoms with Crippen molar-refractivity contribution in [1.82, 2.24) is 5.32 Å². The zero-order valence-corrected chi connectivity index (χ0v) is 13.1. The van der Waals surface area contributed by atoms with Gasteiger partial charge >= 0.3 is 0 Å². The number of anilines is 1. The van der Waals surface area contributed by atoms with E-state index in [2.05, 4.69) is 10.0 Å². The van der Waals surface area contributed by atoms with Crippen LogP contribution in [0.1, 0.15) is 5.56 Å². The lowest BCUT2D eigenvalue weighted by Crippen LogP contribution is -2.29. The van der Waals surface area contributed by atoms with Gasteiger partial charge in [0.15, 0.2) is 5.96 Å². The summed E-state index contributed by atoms with van der Waals surface area (Å²) in [5.41, 5.74) is 6.43. The second-order valence-corrected chi connectivity index (χ2v) is 6.65. The van der Waals surface area contributed by atoms with E-state index in [0.29, 0.717) is 17.3 Å². The van der Waals surface area contributed by atoms with Gasteiger partial charge in [-0.3, -0.25) is 10.1 Å². The number of guanidine groups is 1. The Labute approximate surface area is 133 Å². The molecule has 0 radical (unpaired) electrons. The molecule has 2 aromatic rings. The van der Waals surface area contributed by atoms with Crippen LogP contribution >= 0.6 is 11.6 Å². The van der Waals surface area contributed by atoms with Gasteiger partial charge in [0.05, 0.1) is 4.90 Å². The Kier molecular flexibility index (Phi) is 4.89. The first kappa shape index (κ1) is 16.1. The summed E-state index contributed by atoms with van der Waals surface area (Å²) in [6, 6.07) is 12.8. The number of rotatable bonds is 5. The maximum absolute atomic E-state index is 12.3. The molecule has 22 heavy (non-hydrogen) atoms. The Hall–Kier alpha value is -2.25. The zero-order chi connectivity index (χ0) is 16.2. The largest absolute Gasteiger partial charge is 0.370 e. The molecule has 0 bridgehead atoms. The molecule has 0 atom stereocenters. The van der Waals surface area contributed by atoms with Crippen molar-refractivity contribution in [3.8, 4) is 0 Å². The monoisotopic (exact) mass is 338 g/mol. The predicted molar refractivity (Wildman–Crippen MR) is 87.5 cm³/mol. The van der Waals surface area contributed by atoms with Gasteiger partial charge in [-0.15, -0.1) is 0 Å². The standard InChI is InChI=1S/C14H15ClN4O2S/c15-11-4-2-6-13(8-11)22(20,21)19-12-5-1-3-10(7-12)9-18-14(16)17/h1-8,19H,9H2,(H4,16,17,18). The molecule has 0 aliphatic rings. The Bertz CT molecular complexity index is 793. The Morgan fingerprint density at radius 1 is 1.18 bits per heavy atom. The van der Waals surface area contributed by atoms with Crippen LogP contribution in [0.15, 0.2) is 53.4 Å². The molecule has 0 fully saturated rings. The first-order valence-electron chi connectivity index (χ1n) is 6.32. The van der Waals surface area contributed by atoms with Gasteiger partial charge in [-0.2, -0.15) is 0 Å². The highest BCUT2D eigenvalue weighted by molar-refractivity contribution is 7.92. The summed E-state index contributed by atoms with van der Waals surface area (Å²) in [5, 5.41) is 10.1. The average Bonchev–Trinajstić information content (AvgIpc) is 2.45. The lowest BCUT2D eigenvalue weighted by molar-refractivity contribution is 0.601. The SMILES string of the molecule is N=C(N)NCc1cccc(NS(=O)(=O)c2cccc(Cl)c2)c1. The number of halogens is 1. The molecule has 0 saturated heterocycles. The number of hydrogen-bond acceptors (Lipinski definition) is 3. The van der Waals surface area contributed by atoms with Gasteiger partial charge in [0.25, 0.3) is 10.0 Å². The highest BCUT2D eigenvalue weighted by Gasteiger charge is 2.14. The normalized spacial score (nSPS) is 11.0. The Morgan fingerprint density at radius 3 is 2.59 bits per heavy atom. The van der Waals surface area contributed by atoms with Gasteiger partial charge in [-0.1, -0.05) is 29.8 Å². The average molecular weight is 339 g/mol. The summed E-state index contributed by atoms with van der Waals surface area (Å²) in [6.45, 7) is 0.335. The van der Waals surface area contributed by atoms with Crippen molar-refractivity contribution in [2.45, 2.75) is 11.4 Å². The molecular weight excluding hydrogens is 324 g/mol. The van der Waals surface area contributed by atoms with Crippen LogP contribution in [0.3, 0.4) is 0 Å². The minimum Gasteiger partial charge on any atom is -0.370 e. The van der Waals surface area contributed by atoms with E-state index in [4.69, 9.17) is 22.7 Å². The van der Waals surface area contributed by atoms with Gasteiger partial charge in [0.1, 0.15) is 0 Å². The van der Waals surface area contributed by atoms with Crippen molar-refractivity contribution < 1.29 is 8.42 Å². The van der Waals surface area contributed by atoms with Crippen molar-refractivity contribution in [1.29, 1.82) is 5.41 Å². The third-order valence-corrected chi connectivity index (χ3v) is 4.38. The molecule has 0 amide bonds. The highest BCUT2D eigenvalue weighted by Crippen LogP contribution is 2.19. The predicted octanol–water partition coefficient (Wildman–Crippen LogP) is 2.12. The Morgan fingerprint density at radius 2 is 1.91 bits per heavy atom. The fraction of sp³-hybridized carbons (Fsp3) is 0.0714.